The van der Waals surface area contributed by atoms with E-state index in [0.717, 1.165) is 12.8 Å². The van der Waals surface area contributed by atoms with Crippen LogP contribution in [0.1, 0.15) is 40.5 Å². The minimum atomic E-state index is -0.0837. The van der Waals surface area contributed by atoms with Crippen molar-refractivity contribution in [2.24, 2.45) is 11.3 Å². The van der Waals surface area contributed by atoms with Crippen LogP contribution in [0.3, 0.4) is 0 Å². The van der Waals surface area contributed by atoms with E-state index in [9.17, 15) is 4.79 Å². The molecule has 0 fully saturated rings. The lowest BCUT2D eigenvalue weighted by atomic mass is 9.82. The Balaban J connectivity index is 2.80. The highest BCUT2D eigenvalue weighted by molar-refractivity contribution is 5.98. The second-order valence-corrected chi connectivity index (χ2v) is 4.33. The van der Waals surface area contributed by atoms with Gasteiger partial charge in [0.15, 0.2) is 5.78 Å². The van der Waals surface area contributed by atoms with Gasteiger partial charge in [-0.05, 0) is 24.8 Å². The average Bonchev–Trinajstić information content (AvgIpc) is 2.30. The van der Waals surface area contributed by atoms with E-state index in [1.165, 1.54) is 5.57 Å². The molecule has 0 saturated carbocycles. The lowest BCUT2D eigenvalue weighted by Gasteiger charge is -2.20. The smallest absolute Gasteiger partial charge is 0.161 e. The summed E-state index contributed by atoms with van der Waals surface area (Å²) < 4.78 is 0. The predicted molar refractivity (Wildman–Crippen MR) is 50.9 cm³/mol. The first-order chi connectivity index (χ1) is 5.49. The number of hydrogen-bond donors (Lipinski definition) is 0. The molecule has 0 amide bonds. The van der Waals surface area contributed by atoms with Gasteiger partial charge in [0.25, 0.3) is 0 Å². The fraction of sp³-hybridized carbons (Fsp3) is 0.727. The molecule has 1 nitrogen and oxygen atoms in total. The number of allylic oxidation sites excluding steroid dienone is 2. The van der Waals surface area contributed by atoms with Gasteiger partial charge in [-0.2, -0.15) is 0 Å². The number of carbonyl (C=O) groups is 1. The summed E-state index contributed by atoms with van der Waals surface area (Å²) >= 11 is 0. The molecule has 0 heterocycles. The Morgan fingerprint density at radius 2 is 2.17 bits per heavy atom. The standard InChI is InChI=1S/C11H18O/c1-5-11(4)7-9(8(2)3)6-10(11)12/h6,8H,5,7H2,1-4H3. The van der Waals surface area contributed by atoms with Gasteiger partial charge in [0.05, 0.1) is 0 Å². The molecular weight excluding hydrogens is 148 g/mol. The third-order valence-electron chi connectivity index (χ3n) is 3.03. The normalized spacial score (nSPS) is 29.8. The van der Waals surface area contributed by atoms with Crippen molar-refractivity contribution in [2.45, 2.75) is 40.5 Å². The van der Waals surface area contributed by atoms with Gasteiger partial charge >= 0.3 is 0 Å². The molecule has 0 aromatic rings. The molecule has 1 unspecified atom stereocenters. The van der Waals surface area contributed by atoms with Crippen molar-refractivity contribution in [2.75, 3.05) is 0 Å². The van der Waals surface area contributed by atoms with Crippen LogP contribution in [0.25, 0.3) is 0 Å². The van der Waals surface area contributed by atoms with Gasteiger partial charge in [0, 0.05) is 5.41 Å². The quantitative estimate of drug-likeness (QED) is 0.616. The molecule has 1 rings (SSSR count). The van der Waals surface area contributed by atoms with E-state index in [0.29, 0.717) is 11.7 Å². The third kappa shape index (κ3) is 1.45. The van der Waals surface area contributed by atoms with Crippen LogP contribution in [-0.4, -0.2) is 5.78 Å². The molecular formula is C11H18O. The van der Waals surface area contributed by atoms with Crippen LogP contribution in [-0.2, 0) is 4.79 Å². The van der Waals surface area contributed by atoms with E-state index in [-0.39, 0.29) is 5.41 Å². The zero-order valence-corrected chi connectivity index (χ0v) is 8.48. The van der Waals surface area contributed by atoms with Gasteiger partial charge in [0.1, 0.15) is 0 Å². The Kier molecular flexibility index (Phi) is 2.41. The van der Waals surface area contributed by atoms with E-state index in [4.69, 9.17) is 0 Å². The van der Waals surface area contributed by atoms with Gasteiger partial charge in [-0.25, -0.2) is 0 Å². The minimum Gasteiger partial charge on any atom is -0.294 e. The maximum atomic E-state index is 11.6. The Bertz CT molecular complexity index is 225. The summed E-state index contributed by atoms with van der Waals surface area (Å²) in [6, 6.07) is 0. The molecule has 1 aliphatic carbocycles. The van der Waals surface area contributed by atoms with Crippen LogP contribution in [0.2, 0.25) is 0 Å². The number of rotatable bonds is 2. The molecule has 0 aromatic heterocycles. The Morgan fingerprint density at radius 3 is 2.42 bits per heavy atom. The van der Waals surface area contributed by atoms with Crippen molar-refractivity contribution < 1.29 is 4.79 Å². The Hall–Kier alpha value is -0.590. The molecule has 0 N–H and O–H groups in total. The highest BCUT2D eigenvalue weighted by Crippen LogP contribution is 2.39. The van der Waals surface area contributed by atoms with Gasteiger partial charge in [0.2, 0.25) is 0 Å². The van der Waals surface area contributed by atoms with E-state index in [1.54, 1.807) is 0 Å². The van der Waals surface area contributed by atoms with E-state index < -0.39 is 0 Å². The largest absolute Gasteiger partial charge is 0.294 e. The molecule has 0 aliphatic heterocycles. The summed E-state index contributed by atoms with van der Waals surface area (Å²) in [6.45, 7) is 8.47. The molecule has 1 atom stereocenters. The van der Waals surface area contributed by atoms with Crippen LogP contribution in [0.15, 0.2) is 11.6 Å². The van der Waals surface area contributed by atoms with Crippen molar-refractivity contribution in [3.05, 3.63) is 11.6 Å². The van der Waals surface area contributed by atoms with Gasteiger partial charge in [-0.15, -0.1) is 0 Å². The van der Waals surface area contributed by atoms with E-state index >= 15 is 0 Å². The van der Waals surface area contributed by atoms with Crippen molar-refractivity contribution in [3.8, 4) is 0 Å². The molecule has 12 heavy (non-hydrogen) atoms. The summed E-state index contributed by atoms with van der Waals surface area (Å²) in [5, 5.41) is 0. The zero-order valence-electron chi connectivity index (χ0n) is 8.48. The number of ketones is 1. The lowest BCUT2D eigenvalue weighted by molar-refractivity contribution is -0.122. The highest BCUT2D eigenvalue weighted by Gasteiger charge is 2.36. The summed E-state index contributed by atoms with van der Waals surface area (Å²) in [6.07, 6.45) is 3.78. The van der Waals surface area contributed by atoms with Crippen LogP contribution in [0, 0.1) is 11.3 Å². The molecule has 68 valence electrons. The molecule has 1 heteroatoms. The molecule has 0 spiro atoms. The predicted octanol–water partition coefficient (Wildman–Crippen LogP) is 2.96. The topological polar surface area (TPSA) is 17.1 Å². The highest BCUT2D eigenvalue weighted by atomic mass is 16.1. The fourth-order valence-corrected chi connectivity index (χ4v) is 1.60. The third-order valence-corrected chi connectivity index (χ3v) is 3.03. The summed E-state index contributed by atoms with van der Waals surface area (Å²) in [7, 11) is 0. The molecule has 1 aliphatic rings. The van der Waals surface area contributed by atoms with Gasteiger partial charge in [-0.1, -0.05) is 33.3 Å². The summed E-state index contributed by atoms with van der Waals surface area (Å²) in [5.41, 5.74) is 1.24. The van der Waals surface area contributed by atoms with Crippen LogP contribution >= 0.6 is 0 Å². The van der Waals surface area contributed by atoms with E-state index in [1.807, 2.05) is 6.08 Å². The van der Waals surface area contributed by atoms with Crippen LogP contribution in [0.5, 0.6) is 0 Å². The first-order valence-electron chi connectivity index (χ1n) is 4.74. The monoisotopic (exact) mass is 166 g/mol. The number of carbonyl (C=O) groups excluding carboxylic acids is 1. The Labute approximate surface area is 74.9 Å². The minimum absolute atomic E-state index is 0.0837. The van der Waals surface area contributed by atoms with E-state index in [2.05, 4.69) is 27.7 Å². The molecule has 0 bridgehead atoms. The van der Waals surface area contributed by atoms with Crippen LogP contribution < -0.4 is 0 Å². The molecule has 0 saturated heterocycles. The fourth-order valence-electron chi connectivity index (χ4n) is 1.60. The van der Waals surface area contributed by atoms with Crippen molar-refractivity contribution >= 4 is 5.78 Å². The number of hydrogen-bond acceptors (Lipinski definition) is 1. The van der Waals surface area contributed by atoms with Crippen molar-refractivity contribution in [1.82, 2.24) is 0 Å². The molecule has 0 aromatic carbocycles. The second kappa shape index (κ2) is 3.04. The first kappa shape index (κ1) is 9.50. The molecule has 0 radical (unpaired) electrons. The maximum Gasteiger partial charge on any atom is 0.161 e. The SMILES string of the molecule is CCC1(C)CC(C(C)C)=CC1=O. The summed E-state index contributed by atoms with van der Waals surface area (Å²) in [5.74, 6) is 0.857. The summed E-state index contributed by atoms with van der Waals surface area (Å²) in [4.78, 5) is 11.6. The first-order valence-corrected chi connectivity index (χ1v) is 4.74. The Morgan fingerprint density at radius 1 is 1.58 bits per heavy atom. The van der Waals surface area contributed by atoms with Crippen molar-refractivity contribution in [1.29, 1.82) is 0 Å². The average molecular weight is 166 g/mol. The van der Waals surface area contributed by atoms with Gasteiger partial charge in [-0.3, -0.25) is 4.79 Å². The second-order valence-electron chi connectivity index (χ2n) is 4.33. The van der Waals surface area contributed by atoms with Crippen molar-refractivity contribution in [3.63, 3.8) is 0 Å². The lowest BCUT2D eigenvalue weighted by Crippen LogP contribution is -2.20. The van der Waals surface area contributed by atoms with Crippen LogP contribution in [0.4, 0.5) is 0 Å². The maximum absolute atomic E-state index is 11.6. The van der Waals surface area contributed by atoms with Gasteiger partial charge < -0.3 is 0 Å². The zero-order chi connectivity index (χ0) is 9.35.